The van der Waals surface area contributed by atoms with Gasteiger partial charge in [0.15, 0.2) is 0 Å². The molecule has 0 rings (SSSR count). The van der Waals surface area contributed by atoms with Gasteiger partial charge in [-0.1, -0.05) is 13.8 Å². The van der Waals surface area contributed by atoms with Crippen LogP contribution in [0.1, 0.15) is 13.8 Å². The van der Waals surface area contributed by atoms with E-state index in [4.69, 9.17) is 4.89 Å². The van der Waals surface area contributed by atoms with Crippen LogP contribution in [0.5, 0.6) is 0 Å². The van der Waals surface area contributed by atoms with Gasteiger partial charge in [0.2, 0.25) is 0 Å². The fraction of sp³-hybridized carbons (Fsp3) is 1.00. The van der Waals surface area contributed by atoms with Crippen LogP contribution in [0.15, 0.2) is 0 Å². The van der Waals surface area contributed by atoms with Crippen LogP contribution in [0.25, 0.3) is 0 Å². The molecule has 0 spiro atoms. The molecule has 0 aliphatic rings. The molecule has 5 nitrogen and oxygen atoms in total. The fourth-order valence-corrected chi connectivity index (χ4v) is 1.27. The molecule has 0 bridgehead atoms. The minimum Gasteiger partial charge on any atom is -0.317 e. The van der Waals surface area contributed by atoms with Gasteiger partial charge in [0, 0.05) is 0 Å². The molecule has 112 valence electrons. The van der Waals surface area contributed by atoms with E-state index in [1.54, 1.807) is 0 Å². The Morgan fingerprint density at radius 1 is 1.06 bits per heavy atom. The fourth-order valence-electron chi connectivity index (χ4n) is 0.588. The molecule has 0 aromatic heterocycles. The molecule has 0 saturated heterocycles. The quantitative estimate of drug-likeness (QED) is 0.531. The highest BCUT2D eigenvalue weighted by molar-refractivity contribution is 7.47. The van der Waals surface area contributed by atoms with Crippen molar-refractivity contribution < 1.29 is 36.1 Å². The van der Waals surface area contributed by atoms with Crippen molar-refractivity contribution in [2.24, 2.45) is 0 Å². The summed E-state index contributed by atoms with van der Waals surface area (Å²) < 4.78 is 63.4. The molecule has 0 radical (unpaired) electrons. The molecule has 0 aliphatic carbocycles. The molecule has 0 unspecified atom stereocenters. The zero-order valence-electron chi connectivity index (χ0n) is 10.1. The predicted octanol–water partition coefficient (Wildman–Crippen LogP) is 2.27. The summed E-state index contributed by atoms with van der Waals surface area (Å²) in [6.07, 6.45) is -5.92. The van der Waals surface area contributed by atoms with Crippen molar-refractivity contribution in [1.29, 1.82) is 0 Å². The summed E-state index contributed by atoms with van der Waals surface area (Å²) in [7, 11) is -4.76. The summed E-state index contributed by atoms with van der Waals surface area (Å²) in [5, 5.41) is 3.11. The van der Waals surface area contributed by atoms with Gasteiger partial charge in [-0.15, -0.1) is 0 Å². The van der Waals surface area contributed by atoms with Crippen molar-refractivity contribution in [2.45, 2.75) is 26.7 Å². The molecule has 18 heavy (non-hydrogen) atoms. The van der Waals surface area contributed by atoms with Gasteiger partial charge >= 0.3 is 7.82 Å². The number of phosphoric acid groups is 1. The molecule has 2 N–H and O–H groups in total. The first-order valence-electron chi connectivity index (χ1n) is 5.14. The van der Waals surface area contributed by atoms with Crippen LogP contribution in [0.3, 0.4) is 0 Å². The van der Waals surface area contributed by atoms with Crippen molar-refractivity contribution in [3.63, 3.8) is 0 Å². The largest absolute Gasteiger partial charge is 0.472 e. The summed E-state index contributed by atoms with van der Waals surface area (Å²) >= 11 is 0. The maximum Gasteiger partial charge on any atom is 0.472 e. The molecular formula is C8H18F4NO4P. The zero-order valence-corrected chi connectivity index (χ0v) is 11.0. The summed E-state index contributed by atoms with van der Waals surface area (Å²) in [5.41, 5.74) is 0. The van der Waals surface area contributed by atoms with E-state index >= 15 is 0 Å². The Bertz CT molecular complexity index is 215. The van der Waals surface area contributed by atoms with Crippen LogP contribution in [0, 0.1) is 0 Å². The van der Waals surface area contributed by atoms with Crippen molar-refractivity contribution in [1.82, 2.24) is 5.32 Å². The first-order chi connectivity index (χ1) is 8.25. The number of hydrogen-bond donors (Lipinski definition) is 2. The third-order valence-electron chi connectivity index (χ3n) is 1.23. The summed E-state index contributed by atoms with van der Waals surface area (Å²) in [6.45, 7) is 3.72. The van der Waals surface area contributed by atoms with Crippen molar-refractivity contribution in [3.8, 4) is 0 Å². The van der Waals surface area contributed by atoms with E-state index in [0.29, 0.717) is 0 Å². The third-order valence-corrected chi connectivity index (χ3v) is 2.18. The maximum absolute atomic E-state index is 11.4. The van der Waals surface area contributed by atoms with Crippen LogP contribution in [-0.4, -0.2) is 44.0 Å². The Morgan fingerprint density at radius 2 is 1.39 bits per heavy atom. The minimum atomic E-state index is -4.76. The Hall–Kier alpha value is -0.210. The third kappa shape index (κ3) is 18.2. The highest BCUT2D eigenvalue weighted by Crippen LogP contribution is 2.43. The summed E-state index contributed by atoms with van der Waals surface area (Å²) in [6, 6.07) is 0. The lowest BCUT2D eigenvalue weighted by atomic mass is 10.7. The smallest absolute Gasteiger partial charge is 0.317 e. The molecule has 0 fully saturated rings. The Labute approximate surface area is 103 Å². The van der Waals surface area contributed by atoms with Crippen molar-refractivity contribution >= 4 is 7.82 Å². The Kier molecular flexibility index (Phi) is 13.2. The topological polar surface area (TPSA) is 67.8 Å². The first kappa shape index (κ1) is 20.1. The molecule has 0 aliphatic heterocycles. The molecule has 0 saturated carbocycles. The van der Waals surface area contributed by atoms with Crippen LogP contribution < -0.4 is 5.32 Å². The first-order valence-corrected chi connectivity index (χ1v) is 6.63. The van der Waals surface area contributed by atoms with Crippen LogP contribution in [0.4, 0.5) is 17.6 Å². The lowest BCUT2D eigenvalue weighted by Gasteiger charge is -2.10. The Morgan fingerprint density at radius 3 is 1.56 bits per heavy atom. The van der Waals surface area contributed by atoms with Gasteiger partial charge in [0.1, 0.15) is 13.2 Å². The molecule has 0 aromatic carbocycles. The SMILES string of the molecule is CCNCC.O=P(O)(OCC(F)F)OCC(F)F. The van der Waals surface area contributed by atoms with Gasteiger partial charge in [-0.05, 0) is 13.1 Å². The van der Waals surface area contributed by atoms with Gasteiger partial charge in [0.25, 0.3) is 12.9 Å². The van der Waals surface area contributed by atoms with E-state index in [9.17, 15) is 22.1 Å². The second-order valence-electron chi connectivity index (χ2n) is 2.80. The van der Waals surface area contributed by atoms with Gasteiger partial charge in [0.05, 0.1) is 0 Å². The maximum atomic E-state index is 11.4. The van der Waals surface area contributed by atoms with Crippen LogP contribution in [0.2, 0.25) is 0 Å². The van der Waals surface area contributed by atoms with Gasteiger partial charge in [-0.2, -0.15) is 0 Å². The van der Waals surface area contributed by atoms with E-state index in [2.05, 4.69) is 28.2 Å². The second kappa shape index (κ2) is 11.9. The van der Waals surface area contributed by atoms with E-state index in [1.807, 2.05) is 0 Å². The lowest BCUT2D eigenvalue weighted by Crippen LogP contribution is -2.09. The average Bonchev–Trinajstić information content (AvgIpc) is 2.26. The number of phosphoric ester groups is 1. The molecule has 0 aromatic rings. The standard InChI is InChI=1S/C4H7F4O4P.C4H11N/c5-3(6)1-11-13(9,10)12-2-4(7)8;1-3-5-4-2/h3-4H,1-2H2,(H,9,10);5H,3-4H2,1-2H3. The average molecular weight is 299 g/mol. The molecule has 10 heteroatoms. The van der Waals surface area contributed by atoms with Crippen LogP contribution >= 0.6 is 7.82 Å². The monoisotopic (exact) mass is 299 g/mol. The van der Waals surface area contributed by atoms with Gasteiger partial charge in [-0.25, -0.2) is 22.1 Å². The summed E-state index contributed by atoms with van der Waals surface area (Å²) in [5.74, 6) is 0. The number of halogens is 4. The highest BCUT2D eigenvalue weighted by atomic mass is 31.2. The van der Waals surface area contributed by atoms with Gasteiger partial charge in [-0.3, -0.25) is 9.05 Å². The number of nitrogens with one attached hydrogen (secondary N) is 1. The summed E-state index contributed by atoms with van der Waals surface area (Å²) in [4.78, 5) is 8.46. The molecule has 0 atom stereocenters. The van der Waals surface area contributed by atoms with Gasteiger partial charge < -0.3 is 10.2 Å². The van der Waals surface area contributed by atoms with E-state index in [0.717, 1.165) is 13.1 Å². The van der Waals surface area contributed by atoms with E-state index < -0.39 is 33.9 Å². The van der Waals surface area contributed by atoms with Crippen molar-refractivity contribution in [2.75, 3.05) is 26.3 Å². The second-order valence-corrected chi connectivity index (χ2v) is 4.25. The normalized spacial score (nSPS) is 11.6. The molecule has 0 heterocycles. The minimum absolute atomic E-state index is 1.09. The van der Waals surface area contributed by atoms with Crippen LogP contribution in [-0.2, 0) is 13.6 Å². The molecule has 0 amide bonds. The lowest BCUT2D eigenvalue weighted by molar-refractivity contribution is 0.0292. The number of rotatable bonds is 8. The number of alkyl halides is 4. The number of hydrogen-bond acceptors (Lipinski definition) is 4. The van der Waals surface area contributed by atoms with E-state index in [-0.39, 0.29) is 0 Å². The zero-order chi connectivity index (χ0) is 14.6. The highest BCUT2D eigenvalue weighted by Gasteiger charge is 2.24. The predicted molar refractivity (Wildman–Crippen MR) is 58.0 cm³/mol. The van der Waals surface area contributed by atoms with E-state index in [1.165, 1.54) is 0 Å². The molecular weight excluding hydrogens is 281 g/mol. The van der Waals surface area contributed by atoms with Crippen molar-refractivity contribution in [3.05, 3.63) is 0 Å². The Balaban J connectivity index is 0.